The number of rotatable bonds is 5. The molecule has 0 radical (unpaired) electrons. The van der Waals surface area contributed by atoms with Gasteiger partial charge in [0.25, 0.3) is 0 Å². The van der Waals surface area contributed by atoms with Gasteiger partial charge in [-0.2, -0.15) is 0 Å². The summed E-state index contributed by atoms with van der Waals surface area (Å²) in [5, 5.41) is 19.0. The van der Waals surface area contributed by atoms with Crippen LogP contribution in [0.1, 0.15) is 26.3 Å². The van der Waals surface area contributed by atoms with Crippen LogP contribution in [0.4, 0.5) is 5.69 Å². The average molecular weight is 239 g/mol. The van der Waals surface area contributed by atoms with Crippen molar-refractivity contribution in [3.05, 3.63) is 29.8 Å². The first kappa shape index (κ1) is 14.0. The maximum absolute atomic E-state index is 9.78. The summed E-state index contributed by atoms with van der Waals surface area (Å²) >= 11 is 0. The van der Waals surface area contributed by atoms with Crippen LogP contribution in [0.5, 0.6) is 0 Å². The molecular weight excluding hydrogens is 218 g/mol. The largest absolute Gasteiger partial charge is 0.374 e. The lowest BCUT2D eigenvalue weighted by atomic mass is 10.2. The predicted octanol–water partition coefficient (Wildman–Crippen LogP) is 1.84. The Bertz CT molecular complexity index is 335. The number of anilines is 1. The molecule has 1 rings (SSSR count). The van der Waals surface area contributed by atoms with Gasteiger partial charge in [-0.25, -0.2) is 0 Å². The maximum atomic E-state index is 9.78. The minimum atomic E-state index is -0.864. The maximum Gasteiger partial charge on any atom is 0.154 e. The van der Waals surface area contributed by atoms with Crippen LogP contribution < -0.4 is 4.90 Å². The summed E-state index contributed by atoms with van der Waals surface area (Å²) in [5.74, 6) is 0. The van der Waals surface area contributed by atoms with Crippen LogP contribution in [0.3, 0.4) is 0 Å². The highest BCUT2D eigenvalue weighted by molar-refractivity contribution is 5.48. The number of aliphatic hydroxyl groups excluding tert-OH is 2. The standard InChI is InChI=1S/C13H21NO3/c1-9-5-7-13(8-6-9)14(10(2)15)11(3)17-12(4)16/h5-8,10-12,15-16H,1-4H3. The topological polar surface area (TPSA) is 52.9 Å². The predicted molar refractivity (Wildman–Crippen MR) is 67.6 cm³/mol. The van der Waals surface area contributed by atoms with Gasteiger partial charge in [-0.1, -0.05) is 17.7 Å². The minimum Gasteiger partial charge on any atom is -0.374 e. The first-order valence-corrected chi connectivity index (χ1v) is 5.78. The van der Waals surface area contributed by atoms with E-state index >= 15 is 0 Å². The van der Waals surface area contributed by atoms with E-state index in [4.69, 9.17) is 4.74 Å². The molecule has 0 aromatic heterocycles. The summed E-state index contributed by atoms with van der Waals surface area (Å²) in [6.07, 6.45) is -1.96. The molecule has 0 aliphatic carbocycles. The van der Waals surface area contributed by atoms with Gasteiger partial charge in [0.15, 0.2) is 6.29 Å². The Morgan fingerprint density at radius 3 is 2.00 bits per heavy atom. The van der Waals surface area contributed by atoms with Gasteiger partial charge in [-0.05, 0) is 39.8 Å². The zero-order valence-corrected chi connectivity index (χ0v) is 10.8. The molecule has 4 nitrogen and oxygen atoms in total. The molecule has 0 fully saturated rings. The molecule has 96 valence electrons. The summed E-state index contributed by atoms with van der Waals surface area (Å²) in [6.45, 7) is 7.01. The van der Waals surface area contributed by atoms with Crippen molar-refractivity contribution >= 4 is 5.69 Å². The molecular formula is C13H21NO3. The molecule has 1 aromatic carbocycles. The van der Waals surface area contributed by atoms with Crippen molar-refractivity contribution in [2.24, 2.45) is 0 Å². The highest BCUT2D eigenvalue weighted by Crippen LogP contribution is 2.20. The third-order valence-corrected chi connectivity index (χ3v) is 2.52. The van der Waals surface area contributed by atoms with E-state index in [0.29, 0.717) is 0 Å². The lowest BCUT2D eigenvalue weighted by Crippen LogP contribution is -2.43. The molecule has 0 spiro atoms. The summed E-state index contributed by atoms with van der Waals surface area (Å²) in [6, 6.07) is 7.79. The van der Waals surface area contributed by atoms with Gasteiger partial charge in [0, 0.05) is 5.69 Å². The van der Waals surface area contributed by atoms with E-state index in [1.165, 1.54) is 0 Å². The molecule has 0 amide bonds. The number of hydrogen-bond acceptors (Lipinski definition) is 4. The molecule has 0 saturated carbocycles. The van der Waals surface area contributed by atoms with Crippen LogP contribution in [-0.2, 0) is 4.74 Å². The lowest BCUT2D eigenvalue weighted by Gasteiger charge is -2.34. The van der Waals surface area contributed by atoms with Crippen LogP contribution in [-0.4, -0.2) is 29.0 Å². The van der Waals surface area contributed by atoms with Gasteiger partial charge in [0.2, 0.25) is 0 Å². The lowest BCUT2D eigenvalue weighted by molar-refractivity contribution is -0.124. The minimum absolute atomic E-state index is 0.405. The molecule has 0 heterocycles. The molecule has 17 heavy (non-hydrogen) atoms. The zero-order chi connectivity index (χ0) is 13.0. The second-order valence-corrected chi connectivity index (χ2v) is 4.21. The third kappa shape index (κ3) is 4.00. The number of aliphatic hydroxyl groups is 2. The quantitative estimate of drug-likeness (QED) is 0.770. The Morgan fingerprint density at radius 2 is 1.59 bits per heavy atom. The molecule has 0 aliphatic heterocycles. The Balaban J connectivity index is 2.89. The zero-order valence-electron chi connectivity index (χ0n) is 10.8. The monoisotopic (exact) mass is 239 g/mol. The fraction of sp³-hybridized carbons (Fsp3) is 0.538. The van der Waals surface area contributed by atoms with E-state index < -0.39 is 18.7 Å². The van der Waals surface area contributed by atoms with Gasteiger partial charge in [-0.3, -0.25) is 0 Å². The number of ether oxygens (including phenoxy) is 1. The van der Waals surface area contributed by atoms with E-state index in [1.807, 2.05) is 31.2 Å². The van der Waals surface area contributed by atoms with Gasteiger partial charge < -0.3 is 19.8 Å². The SMILES string of the molecule is Cc1ccc(N(C(C)O)C(C)OC(C)O)cc1. The van der Waals surface area contributed by atoms with Crippen LogP contribution >= 0.6 is 0 Å². The number of nitrogens with zero attached hydrogens (tertiary/aromatic N) is 1. The highest BCUT2D eigenvalue weighted by Gasteiger charge is 2.20. The second-order valence-electron chi connectivity index (χ2n) is 4.21. The van der Waals surface area contributed by atoms with Crippen molar-refractivity contribution < 1.29 is 14.9 Å². The van der Waals surface area contributed by atoms with Gasteiger partial charge in [0.05, 0.1) is 0 Å². The Labute approximate surface area is 102 Å². The summed E-state index contributed by atoms with van der Waals surface area (Å²) < 4.78 is 5.28. The van der Waals surface area contributed by atoms with Gasteiger partial charge >= 0.3 is 0 Å². The number of hydrogen-bond donors (Lipinski definition) is 2. The highest BCUT2D eigenvalue weighted by atomic mass is 16.6. The molecule has 1 aromatic rings. The van der Waals surface area contributed by atoms with Crippen molar-refractivity contribution in [2.45, 2.75) is 46.4 Å². The number of benzene rings is 1. The van der Waals surface area contributed by atoms with Crippen molar-refractivity contribution in [2.75, 3.05) is 4.90 Å². The third-order valence-electron chi connectivity index (χ3n) is 2.52. The Morgan fingerprint density at radius 1 is 1.06 bits per heavy atom. The van der Waals surface area contributed by atoms with Crippen molar-refractivity contribution in [1.29, 1.82) is 0 Å². The van der Waals surface area contributed by atoms with E-state index in [9.17, 15) is 10.2 Å². The molecule has 0 aliphatic rings. The van der Waals surface area contributed by atoms with Crippen molar-refractivity contribution in [3.63, 3.8) is 0 Å². The second kappa shape index (κ2) is 6.00. The Hall–Kier alpha value is -1.10. The first-order chi connectivity index (χ1) is 7.91. The fourth-order valence-electron chi connectivity index (χ4n) is 1.80. The summed E-state index contributed by atoms with van der Waals surface area (Å²) in [4.78, 5) is 1.70. The van der Waals surface area contributed by atoms with Crippen LogP contribution in [0.25, 0.3) is 0 Å². The first-order valence-electron chi connectivity index (χ1n) is 5.78. The summed E-state index contributed by atoms with van der Waals surface area (Å²) in [5.41, 5.74) is 2.02. The normalized spacial score (nSPS) is 16.4. The van der Waals surface area contributed by atoms with Crippen molar-refractivity contribution in [1.82, 2.24) is 0 Å². The van der Waals surface area contributed by atoms with E-state index in [2.05, 4.69) is 0 Å². The van der Waals surface area contributed by atoms with E-state index in [0.717, 1.165) is 11.3 Å². The van der Waals surface area contributed by atoms with E-state index in [1.54, 1.807) is 25.7 Å². The molecule has 0 bridgehead atoms. The summed E-state index contributed by atoms with van der Waals surface area (Å²) in [7, 11) is 0. The fourth-order valence-corrected chi connectivity index (χ4v) is 1.80. The van der Waals surface area contributed by atoms with Gasteiger partial charge in [-0.15, -0.1) is 0 Å². The van der Waals surface area contributed by atoms with Crippen LogP contribution in [0.15, 0.2) is 24.3 Å². The van der Waals surface area contributed by atoms with Crippen LogP contribution in [0, 0.1) is 6.92 Å². The van der Waals surface area contributed by atoms with Crippen molar-refractivity contribution in [3.8, 4) is 0 Å². The van der Waals surface area contributed by atoms with E-state index in [-0.39, 0.29) is 0 Å². The molecule has 3 atom stereocenters. The number of aryl methyl sites for hydroxylation is 1. The average Bonchev–Trinajstić information content (AvgIpc) is 2.19. The molecule has 4 heteroatoms. The smallest absolute Gasteiger partial charge is 0.154 e. The van der Waals surface area contributed by atoms with Crippen LogP contribution in [0.2, 0.25) is 0 Å². The molecule has 2 N–H and O–H groups in total. The Kier molecular flexibility index (Phi) is 4.93. The van der Waals surface area contributed by atoms with Gasteiger partial charge in [0.1, 0.15) is 12.5 Å². The molecule has 3 unspecified atom stereocenters. The molecule has 0 saturated heterocycles.